The number of benzene rings is 1. The maximum absolute atomic E-state index is 13.2. The summed E-state index contributed by atoms with van der Waals surface area (Å²) < 4.78 is 53.0. The van der Waals surface area contributed by atoms with Crippen LogP contribution >= 0.6 is 11.6 Å². The number of aliphatic carboxylic acids is 1. The fraction of sp³-hybridized carbons (Fsp3) is 0.526. The number of rotatable bonds is 7. The van der Waals surface area contributed by atoms with E-state index in [0.717, 1.165) is 24.3 Å². The summed E-state index contributed by atoms with van der Waals surface area (Å²) in [5.74, 6) is -3.75. The van der Waals surface area contributed by atoms with E-state index in [-0.39, 0.29) is 30.0 Å². The lowest BCUT2D eigenvalue weighted by atomic mass is 9.93. The van der Waals surface area contributed by atoms with Crippen molar-refractivity contribution in [1.82, 2.24) is 0 Å². The van der Waals surface area contributed by atoms with Crippen LogP contribution in [0.2, 0.25) is 5.02 Å². The van der Waals surface area contributed by atoms with Gasteiger partial charge in [0.1, 0.15) is 22.8 Å². The Morgan fingerprint density at radius 3 is 2.61 bits per heavy atom. The first-order valence-electron chi connectivity index (χ1n) is 9.54. The molecule has 0 bridgehead atoms. The number of sulfonamides is 1. The molecule has 1 fully saturated rings. The van der Waals surface area contributed by atoms with Crippen molar-refractivity contribution >= 4 is 33.3 Å². The Hall–Kier alpha value is -1.76. The molecule has 0 saturated carbocycles. The predicted octanol–water partition coefficient (Wildman–Crippen LogP) is 1.64. The third-order valence-electron chi connectivity index (χ3n) is 5.62. The van der Waals surface area contributed by atoms with Gasteiger partial charge in [-0.3, -0.25) is 4.72 Å². The maximum atomic E-state index is 13.2. The fourth-order valence-electron chi connectivity index (χ4n) is 3.91. The van der Waals surface area contributed by atoms with E-state index in [9.17, 15) is 32.9 Å². The van der Waals surface area contributed by atoms with Gasteiger partial charge in [0.05, 0.1) is 29.5 Å². The molecule has 1 aromatic carbocycles. The molecule has 12 heteroatoms. The number of carbonyl (C=O) groups is 1. The molecule has 0 radical (unpaired) electrons. The molecule has 1 unspecified atom stereocenters. The zero-order valence-corrected chi connectivity index (χ0v) is 18.1. The number of aliphatic hydroxyl groups excluding tert-OH is 2. The predicted molar refractivity (Wildman–Crippen MR) is 109 cm³/mol. The van der Waals surface area contributed by atoms with E-state index in [0.29, 0.717) is 0 Å². The Bertz CT molecular complexity index is 997. The molecular weight excluding hydrogens is 457 g/mol. The van der Waals surface area contributed by atoms with Crippen molar-refractivity contribution in [2.45, 2.75) is 48.9 Å². The Kier molecular flexibility index (Phi) is 6.66. The molecule has 1 heterocycles. The number of carboxylic acid groups (broad SMARTS) is 1. The number of aliphatic hydroxyl groups is 2. The Morgan fingerprint density at radius 2 is 2.10 bits per heavy atom. The van der Waals surface area contributed by atoms with E-state index in [4.69, 9.17) is 21.1 Å². The van der Waals surface area contributed by atoms with E-state index >= 15 is 0 Å². The average Bonchev–Trinajstić information content (AvgIpc) is 3.03. The maximum Gasteiger partial charge on any atom is 0.332 e. The average molecular weight is 480 g/mol. The molecule has 31 heavy (non-hydrogen) atoms. The van der Waals surface area contributed by atoms with Gasteiger partial charge in [0, 0.05) is 6.42 Å². The summed E-state index contributed by atoms with van der Waals surface area (Å²) in [6, 6.07) is 3.08. The highest BCUT2D eigenvalue weighted by Crippen LogP contribution is 2.46. The van der Waals surface area contributed by atoms with Crippen LogP contribution in [0.3, 0.4) is 0 Å². The van der Waals surface area contributed by atoms with Crippen LogP contribution in [0.15, 0.2) is 29.8 Å². The summed E-state index contributed by atoms with van der Waals surface area (Å²) in [6.07, 6.45) is 0.211. The van der Waals surface area contributed by atoms with Crippen LogP contribution in [0.1, 0.15) is 26.2 Å². The number of hydrogen-bond acceptors (Lipinski definition) is 7. The van der Waals surface area contributed by atoms with E-state index in [2.05, 4.69) is 4.72 Å². The van der Waals surface area contributed by atoms with Crippen LogP contribution in [0, 0.1) is 5.82 Å². The van der Waals surface area contributed by atoms with Gasteiger partial charge in [-0.25, -0.2) is 17.6 Å². The van der Waals surface area contributed by atoms with E-state index in [1.54, 1.807) is 6.92 Å². The number of hydrogen-bond donors (Lipinski definition) is 4. The van der Waals surface area contributed by atoms with Gasteiger partial charge in [0.15, 0.2) is 5.79 Å². The number of nitrogens with one attached hydrogen (secondary N) is 1. The molecule has 1 saturated heterocycles. The number of ether oxygens (including phenoxy) is 2. The normalized spacial score (nSPS) is 30.9. The SMILES string of the molecule is CC[C@]1(CO)OC2(C=C(C(=O)O)[C@H](S(=O)(=O)Nc3ccc(F)cc3Cl)CC2)O[C@@H]1CO. The van der Waals surface area contributed by atoms with Crippen LogP contribution in [0.25, 0.3) is 0 Å². The van der Waals surface area contributed by atoms with Crippen molar-refractivity contribution in [2.75, 3.05) is 17.9 Å². The molecule has 172 valence electrons. The van der Waals surface area contributed by atoms with Crippen molar-refractivity contribution in [1.29, 1.82) is 0 Å². The van der Waals surface area contributed by atoms with Gasteiger partial charge in [-0.15, -0.1) is 0 Å². The molecule has 4 N–H and O–H groups in total. The van der Waals surface area contributed by atoms with Crippen LogP contribution < -0.4 is 4.72 Å². The van der Waals surface area contributed by atoms with Gasteiger partial charge < -0.3 is 24.8 Å². The minimum absolute atomic E-state index is 0.0369. The number of carboxylic acids is 1. The van der Waals surface area contributed by atoms with Gasteiger partial charge in [0.25, 0.3) is 0 Å². The molecule has 3 rings (SSSR count). The highest BCUT2D eigenvalue weighted by Gasteiger charge is 2.57. The summed E-state index contributed by atoms with van der Waals surface area (Å²) >= 11 is 5.88. The minimum atomic E-state index is -4.29. The second-order valence-electron chi connectivity index (χ2n) is 7.48. The summed E-state index contributed by atoms with van der Waals surface area (Å²) in [7, 11) is -4.29. The monoisotopic (exact) mass is 479 g/mol. The topological polar surface area (TPSA) is 142 Å². The van der Waals surface area contributed by atoms with Gasteiger partial charge in [0.2, 0.25) is 10.0 Å². The molecule has 9 nitrogen and oxygen atoms in total. The molecule has 1 spiro atoms. The Balaban J connectivity index is 1.95. The first-order chi connectivity index (χ1) is 14.5. The summed E-state index contributed by atoms with van der Waals surface area (Å²) in [6.45, 7) is 0.771. The van der Waals surface area contributed by atoms with Crippen molar-refractivity contribution in [3.63, 3.8) is 0 Å². The van der Waals surface area contributed by atoms with Crippen molar-refractivity contribution < 1.29 is 42.4 Å². The van der Waals surface area contributed by atoms with Gasteiger partial charge in [-0.05, 0) is 37.1 Å². The molecule has 1 aliphatic carbocycles. The highest BCUT2D eigenvalue weighted by molar-refractivity contribution is 7.93. The lowest BCUT2D eigenvalue weighted by Gasteiger charge is -2.34. The van der Waals surface area contributed by atoms with Crippen LogP contribution in [-0.2, 0) is 24.3 Å². The smallest absolute Gasteiger partial charge is 0.332 e. The molecular formula is C19H23ClFNO8S. The largest absolute Gasteiger partial charge is 0.478 e. The minimum Gasteiger partial charge on any atom is -0.478 e. The zero-order valence-electron chi connectivity index (χ0n) is 16.5. The second-order valence-corrected chi connectivity index (χ2v) is 9.75. The van der Waals surface area contributed by atoms with E-state index < -0.39 is 63.3 Å². The lowest BCUT2D eigenvalue weighted by molar-refractivity contribution is -0.171. The summed E-state index contributed by atoms with van der Waals surface area (Å²) in [5.41, 5.74) is -1.83. The van der Waals surface area contributed by atoms with E-state index in [1.165, 1.54) is 0 Å². The quantitative estimate of drug-likeness (QED) is 0.462. The van der Waals surface area contributed by atoms with Crippen molar-refractivity contribution in [3.05, 3.63) is 40.7 Å². The van der Waals surface area contributed by atoms with Crippen LogP contribution in [-0.4, -0.2) is 65.7 Å². The summed E-state index contributed by atoms with van der Waals surface area (Å²) in [4.78, 5) is 11.9. The van der Waals surface area contributed by atoms with Crippen LogP contribution in [0.5, 0.6) is 0 Å². The molecule has 1 aromatic rings. The molecule has 4 atom stereocenters. The van der Waals surface area contributed by atoms with Crippen molar-refractivity contribution in [3.8, 4) is 0 Å². The first kappa shape index (κ1) is 23.9. The second kappa shape index (κ2) is 8.64. The molecule has 2 aliphatic rings. The first-order valence-corrected chi connectivity index (χ1v) is 11.5. The fourth-order valence-corrected chi connectivity index (χ4v) is 5.74. The van der Waals surface area contributed by atoms with E-state index in [1.807, 2.05) is 0 Å². The molecule has 1 aliphatic heterocycles. The van der Waals surface area contributed by atoms with Gasteiger partial charge in [-0.2, -0.15) is 0 Å². The number of anilines is 1. The van der Waals surface area contributed by atoms with Crippen molar-refractivity contribution in [2.24, 2.45) is 0 Å². The standard InChI is InChI=1S/C19H23ClFNO8S/c1-2-18(10-24)16(9-23)29-19(30-18)6-5-15(12(8-19)17(25)26)31(27,28)22-14-4-3-11(21)7-13(14)20/h3-4,7-8,15-16,22-24H,2,5-6,9-10H2,1H3,(H,25,26)/t15-,16-,18-,19?/m1/s1. The number of halogens is 2. The lowest BCUT2D eigenvalue weighted by Crippen LogP contribution is -2.46. The molecule has 0 aromatic heterocycles. The van der Waals surface area contributed by atoms with Gasteiger partial charge >= 0.3 is 5.97 Å². The highest BCUT2D eigenvalue weighted by atomic mass is 35.5. The molecule has 0 amide bonds. The Morgan fingerprint density at radius 1 is 1.39 bits per heavy atom. The van der Waals surface area contributed by atoms with Crippen LogP contribution in [0.4, 0.5) is 10.1 Å². The summed E-state index contributed by atoms with van der Waals surface area (Å²) in [5, 5.41) is 27.5. The van der Waals surface area contributed by atoms with Gasteiger partial charge in [-0.1, -0.05) is 18.5 Å². The zero-order chi connectivity index (χ0) is 23.0. The third kappa shape index (κ3) is 4.43. The third-order valence-corrected chi connectivity index (χ3v) is 7.67. The Labute approximate surface area is 183 Å².